The molecule has 2 aromatic rings. The summed E-state index contributed by atoms with van der Waals surface area (Å²) in [6.45, 7) is 0.731. The van der Waals surface area contributed by atoms with Crippen LogP contribution in [0.4, 0.5) is 0 Å². The van der Waals surface area contributed by atoms with Gasteiger partial charge in [-0.2, -0.15) is 0 Å². The summed E-state index contributed by atoms with van der Waals surface area (Å²) in [7, 11) is 0. The summed E-state index contributed by atoms with van der Waals surface area (Å²) in [5, 5.41) is 3.85. The number of rotatable bonds is 3. The van der Waals surface area contributed by atoms with Gasteiger partial charge in [-0.1, -0.05) is 34.8 Å². The SMILES string of the molecule is O=C(NCC(=O)N1CCC2(CC1)CC(=O)c1cc(Cl)cc(Cl)c1O2)c1ccc(Cl)cc1. The van der Waals surface area contributed by atoms with E-state index in [-0.39, 0.29) is 30.6 Å². The quantitative estimate of drug-likeness (QED) is 0.705. The Morgan fingerprint density at radius 2 is 1.71 bits per heavy atom. The molecule has 2 heterocycles. The number of carbonyl (C=O) groups is 3. The van der Waals surface area contributed by atoms with Crippen molar-refractivity contribution in [3.05, 3.63) is 62.6 Å². The number of nitrogens with zero attached hydrogens (tertiary/aromatic N) is 1. The fourth-order valence-electron chi connectivity index (χ4n) is 3.93. The van der Waals surface area contributed by atoms with Gasteiger partial charge in [0.15, 0.2) is 5.78 Å². The van der Waals surface area contributed by atoms with Crippen LogP contribution in [0, 0.1) is 0 Å². The molecule has 2 amide bonds. The van der Waals surface area contributed by atoms with E-state index in [1.54, 1.807) is 41.3 Å². The number of Topliss-reactive ketones (excluding diaryl/α,β-unsaturated/α-hetero) is 1. The van der Waals surface area contributed by atoms with E-state index in [2.05, 4.69) is 5.32 Å². The second kappa shape index (κ2) is 8.69. The second-order valence-corrected chi connectivity index (χ2v) is 9.00. The largest absolute Gasteiger partial charge is 0.484 e. The first-order valence-electron chi connectivity index (χ1n) is 9.79. The van der Waals surface area contributed by atoms with Gasteiger partial charge in [0.05, 0.1) is 23.6 Å². The summed E-state index contributed by atoms with van der Waals surface area (Å²) >= 11 is 18.1. The summed E-state index contributed by atoms with van der Waals surface area (Å²) in [4.78, 5) is 39.1. The molecule has 0 bridgehead atoms. The van der Waals surface area contributed by atoms with Crippen LogP contribution in [0.2, 0.25) is 15.1 Å². The van der Waals surface area contributed by atoms with E-state index in [1.807, 2.05) is 0 Å². The highest BCUT2D eigenvalue weighted by molar-refractivity contribution is 6.36. The standard InChI is InChI=1S/C22H19Cl3N2O4/c23-14-3-1-13(2-4-14)21(30)26-12-19(29)27-7-5-22(6-8-27)11-18(28)16-9-15(24)10-17(25)20(16)31-22/h1-4,9-10H,5-8,11-12H2,(H,26,30). The summed E-state index contributed by atoms with van der Waals surface area (Å²) in [6.07, 6.45) is 1.20. The Morgan fingerprint density at radius 1 is 1.03 bits per heavy atom. The first-order chi connectivity index (χ1) is 14.8. The van der Waals surface area contributed by atoms with E-state index >= 15 is 0 Å². The highest BCUT2D eigenvalue weighted by atomic mass is 35.5. The number of likely N-dealkylation sites (tertiary alicyclic amines) is 1. The number of ether oxygens (including phenoxy) is 1. The molecule has 0 aromatic heterocycles. The molecule has 0 saturated carbocycles. The lowest BCUT2D eigenvalue weighted by molar-refractivity contribution is -0.133. The molecule has 2 aromatic carbocycles. The molecule has 1 N–H and O–H groups in total. The lowest BCUT2D eigenvalue weighted by Crippen LogP contribution is -2.53. The van der Waals surface area contributed by atoms with Gasteiger partial charge in [-0.25, -0.2) is 0 Å². The topological polar surface area (TPSA) is 75.7 Å². The maximum absolute atomic E-state index is 12.7. The van der Waals surface area contributed by atoms with Crippen molar-refractivity contribution < 1.29 is 19.1 Å². The van der Waals surface area contributed by atoms with E-state index in [0.29, 0.717) is 57.9 Å². The Kier molecular flexibility index (Phi) is 6.15. The smallest absolute Gasteiger partial charge is 0.251 e. The number of hydrogen-bond donors (Lipinski definition) is 1. The average molecular weight is 482 g/mol. The Morgan fingerprint density at radius 3 is 2.39 bits per heavy atom. The monoisotopic (exact) mass is 480 g/mol. The first-order valence-corrected chi connectivity index (χ1v) is 10.9. The molecular weight excluding hydrogens is 463 g/mol. The number of ketones is 1. The van der Waals surface area contributed by atoms with Gasteiger partial charge in [-0.3, -0.25) is 14.4 Å². The maximum Gasteiger partial charge on any atom is 0.251 e. The molecule has 1 saturated heterocycles. The van der Waals surface area contributed by atoms with Crippen molar-refractivity contribution in [3.63, 3.8) is 0 Å². The number of amides is 2. The molecule has 162 valence electrons. The number of hydrogen-bond acceptors (Lipinski definition) is 4. The zero-order valence-electron chi connectivity index (χ0n) is 16.4. The first kappa shape index (κ1) is 21.9. The van der Waals surface area contributed by atoms with Crippen LogP contribution in [0.3, 0.4) is 0 Å². The van der Waals surface area contributed by atoms with Gasteiger partial charge in [-0.05, 0) is 36.4 Å². The molecule has 2 aliphatic heterocycles. The van der Waals surface area contributed by atoms with Crippen molar-refractivity contribution >= 4 is 52.4 Å². The fourth-order valence-corrected chi connectivity index (χ4v) is 4.58. The Balaban J connectivity index is 1.35. The maximum atomic E-state index is 12.7. The van der Waals surface area contributed by atoms with Crippen LogP contribution in [0.25, 0.3) is 0 Å². The van der Waals surface area contributed by atoms with Gasteiger partial charge in [-0.15, -0.1) is 0 Å². The lowest BCUT2D eigenvalue weighted by atomic mass is 9.82. The zero-order valence-corrected chi connectivity index (χ0v) is 18.7. The summed E-state index contributed by atoms with van der Waals surface area (Å²) in [6, 6.07) is 9.55. The number of nitrogens with one attached hydrogen (secondary N) is 1. The van der Waals surface area contributed by atoms with E-state index in [4.69, 9.17) is 39.5 Å². The van der Waals surface area contributed by atoms with Gasteiger partial charge in [0.2, 0.25) is 5.91 Å². The van der Waals surface area contributed by atoms with Crippen LogP contribution in [-0.4, -0.2) is 47.7 Å². The fraction of sp³-hybridized carbons (Fsp3) is 0.318. The van der Waals surface area contributed by atoms with Crippen molar-refractivity contribution in [2.24, 2.45) is 0 Å². The van der Waals surface area contributed by atoms with Gasteiger partial charge in [0.25, 0.3) is 5.91 Å². The minimum absolute atomic E-state index is 0.0688. The van der Waals surface area contributed by atoms with Crippen molar-refractivity contribution in [2.75, 3.05) is 19.6 Å². The van der Waals surface area contributed by atoms with E-state index in [9.17, 15) is 14.4 Å². The van der Waals surface area contributed by atoms with Crippen LogP contribution in [0.15, 0.2) is 36.4 Å². The molecule has 1 spiro atoms. The summed E-state index contributed by atoms with van der Waals surface area (Å²) in [5.41, 5.74) is 0.136. The predicted molar refractivity (Wildman–Crippen MR) is 118 cm³/mol. The van der Waals surface area contributed by atoms with E-state index in [1.165, 1.54) is 0 Å². The number of benzene rings is 2. The molecule has 4 rings (SSSR count). The van der Waals surface area contributed by atoms with Gasteiger partial charge < -0.3 is 15.0 Å². The van der Waals surface area contributed by atoms with Gasteiger partial charge in [0, 0.05) is 41.5 Å². The van der Waals surface area contributed by atoms with Crippen molar-refractivity contribution in [2.45, 2.75) is 24.9 Å². The van der Waals surface area contributed by atoms with Crippen LogP contribution >= 0.6 is 34.8 Å². The number of piperidine rings is 1. The van der Waals surface area contributed by atoms with E-state index < -0.39 is 5.60 Å². The lowest BCUT2D eigenvalue weighted by Gasteiger charge is -2.44. The molecule has 0 radical (unpaired) electrons. The minimum atomic E-state index is -0.690. The average Bonchev–Trinajstić information content (AvgIpc) is 2.74. The van der Waals surface area contributed by atoms with E-state index in [0.717, 1.165) is 0 Å². The number of carbonyl (C=O) groups excluding carboxylic acids is 3. The predicted octanol–water partition coefficient (Wildman–Crippen LogP) is 4.40. The zero-order chi connectivity index (χ0) is 22.2. The molecule has 0 aliphatic carbocycles. The Bertz CT molecular complexity index is 1050. The van der Waals surface area contributed by atoms with Crippen LogP contribution in [0.1, 0.15) is 40.0 Å². The third-order valence-electron chi connectivity index (χ3n) is 5.64. The number of fused-ring (bicyclic) bond motifs is 1. The highest BCUT2D eigenvalue weighted by Crippen LogP contribution is 2.44. The third-order valence-corrected chi connectivity index (χ3v) is 6.39. The van der Waals surface area contributed by atoms with Gasteiger partial charge in [0.1, 0.15) is 11.4 Å². The van der Waals surface area contributed by atoms with Crippen LogP contribution in [0.5, 0.6) is 5.75 Å². The molecule has 31 heavy (non-hydrogen) atoms. The van der Waals surface area contributed by atoms with Crippen molar-refractivity contribution in [1.82, 2.24) is 10.2 Å². The molecule has 0 atom stereocenters. The summed E-state index contributed by atoms with van der Waals surface area (Å²) in [5.74, 6) is -0.243. The Labute approximate surface area is 194 Å². The Hall–Kier alpha value is -2.28. The highest BCUT2D eigenvalue weighted by Gasteiger charge is 2.44. The molecule has 0 unspecified atom stereocenters. The van der Waals surface area contributed by atoms with Gasteiger partial charge >= 0.3 is 0 Å². The molecule has 2 aliphatic rings. The van der Waals surface area contributed by atoms with Crippen LogP contribution < -0.4 is 10.1 Å². The summed E-state index contributed by atoms with van der Waals surface area (Å²) < 4.78 is 6.18. The molecule has 6 nitrogen and oxygen atoms in total. The second-order valence-electron chi connectivity index (χ2n) is 7.72. The molecule has 9 heteroatoms. The number of halogens is 3. The normalized spacial score (nSPS) is 17.1. The van der Waals surface area contributed by atoms with Crippen LogP contribution in [-0.2, 0) is 4.79 Å². The minimum Gasteiger partial charge on any atom is -0.484 e. The molecule has 1 fully saturated rings. The molecular formula is C22H19Cl3N2O4. The van der Waals surface area contributed by atoms with Crippen molar-refractivity contribution in [3.8, 4) is 5.75 Å². The van der Waals surface area contributed by atoms with Crippen molar-refractivity contribution in [1.29, 1.82) is 0 Å². The third kappa shape index (κ3) is 4.66.